The van der Waals surface area contributed by atoms with Crippen LogP contribution >= 0.6 is 11.3 Å². The second-order valence-corrected chi connectivity index (χ2v) is 7.54. The first kappa shape index (κ1) is 18.1. The Morgan fingerprint density at radius 2 is 2.11 bits per heavy atom. The van der Waals surface area contributed by atoms with Crippen LogP contribution in [0.2, 0.25) is 0 Å². The number of hydrogen-bond donors (Lipinski definition) is 2. The van der Waals surface area contributed by atoms with Crippen molar-refractivity contribution < 1.29 is 4.79 Å². The third kappa shape index (κ3) is 3.31. The van der Waals surface area contributed by atoms with Crippen molar-refractivity contribution in [3.8, 4) is 5.69 Å². The largest absolute Gasteiger partial charge is 0.352 e. The third-order valence-corrected chi connectivity index (χ3v) is 5.65. The molecular weight excluding hydrogens is 376 g/mol. The van der Waals surface area contributed by atoms with Crippen molar-refractivity contribution in [1.29, 1.82) is 0 Å². The molecule has 0 radical (unpaired) electrons. The number of para-hydroxylation sites is 1. The minimum absolute atomic E-state index is 0.135. The minimum Gasteiger partial charge on any atom is -0.352 e. The number of H-pyrrole nitrogens is 1. The van der Waals surface area contributed by atoms with Crippen molar-refractivity contribution in [3.63, 3.8) is 0 Å². The number of hydrogen-bond acceptors (Lipinski definition) is 6. The first-order valence-corrected chi connectivity index (χ1v) is 9.57. The molecule has 0 saturated heterocycles. The number of thiophene rings is 1. The maximum absolute atomic E-state index is 12.6. The predicted molar refractivity (Wildman–Crippen MR) is 107 cm³/mol. The number of aryl methyl sites for hydroxylation is 2. The van der Waals surface area contributed by atoms with Gasteiger partial charge in [-0.05, 0) is 31.5 Å². The van der Waals surface area contributed by atoms with Crippen molar-refractivity contribution in [1.82, 2.24) is 30.0 Å². The van der Waals surface area contributed by atoms with Crippen LogP contribution < -0.4 is 10.9 Å². The molecule has 0 bridgehead atoms. The Labute approximate surface area is 164 Å². The Balaban J connectivity index is 1.48. The number of amides is 1. The molecule has 4 aromatic rings. The van der Waals surface area contributed by atoms with Crippen LogP contribution in [0.1, 0.15) is 26.6 Å². The molecule has 0 spiro atoms. The minimum atomic E-state index is -0.225. The van der Waals surface area contributed by atoms with Gasteiger partial charge < -0.3 is 10.3 Å². The fourth-order valence-electron chi connectivity index (χ4n) is 3.01. The molecular formula is C19H18N6O2S. The molecule has 3 aromatic heterocycles. The van der Waals surface area contributed by atoms with E-state index in [1.165, 1.54) is 17.7 Å². The Hall–Kier alpha value is -3.33. The highest BCUT2D eigenvalue weighted by atomic mass is 32.1. The average molecular weight is 394 g/mol. The number of carbonyl (C=O) groups is 1. The van der Waals surface area contributed by atoms with Crippen molar-refractivity contribution in [2.45, 2.75) is 20.3 Å². The summed E-state index contributed by atoms with van der Waals surface area (Å²) in [7, 11) is 0. The van der Waals surface area contributed by atoms with Gasteiger partial charge in [-0.25, -0.2) is 14.6 Å². The molecule has 2 N–H and O–H groups in total. The fourth-order valence-corrected chi connectivity index (χ4v) is 4.05. The summed E-state index contributed by atoms with van der Waals surface area (Å²) in [6.45, 7) is 4.26. The Morgan fingerprint density at radius 3 is 2.89 bits per heavy atom. The second-order valence-electron chi connectivity index (χ2n) is 6.34. The van der Waals surface area contributed by atoms with Gasteiger partial charge in [0.05, 0.1) is 16.6 Å². The lowest BCUT2D eigenvalue weighted by molar-refractivity contribution is 0.0954. The fraction of sp³-hybridized carbons (Fsp3) is 0.211. The summed E-state index contributed by atoms with van der Waals surface area (Å²) in [6, 6.07) is 7.17. The third-order valence-electron chi connectivity index (χ3n) is 4.55. The van der Waals surface area contributed by atoms with Crippen molar-refractivity contribution in [2.24, 2.45) is 0 Å². The second kappa shape index (κ2) is 7.35. The lowest BCUT2D eigenvalue weighted by atomic mass is 10.1. The van der Waals surface area contributed by atoms with Gasteiger partial charge in [0.25, 0.3) is 11.5 Å². The number of nitrogens with zero attached hydrogens (tertiary/aromatic N) is 4. The molecule has 9 heteroatoms. The lowest BCUT2D eigenvalue weighted by Gasteiger charge is -2.09. The van der Waals surface area contributed by atoms with Gasteiger partial charge in [0, 0.05) is 17.8 Å². The Morgan fingerprint density at radius 1 is 1.29 bits per heavy atom. The van der Waals surface area contributed by atoms with Gasteiger partial charge in [0.2, 0.25) is 0 Å². The first-order valence-electron chi connectivity index (χ1n) is 8.75. The molecule has 28 heavy (non-hydrogen) atoms. The summed E-state index contributed by atoms with van der Waals surface area (Å²) >= 11 is 1.51. The molecule has 0 aliphatic rings. The van der Waals surface area contributed by atoms with E-state index in [-0.39, 0.29) is 11.5 Å². The van der Waals surface area contributed by atoms with E-state index < -0.39 is 0 Å². The molecule has 0 fully saturated rings. The Kier molecular flexibility index (Phi) is 4.74. The maximum Gasteiger partial charge on any atom is 0.259 e. The van der Waals surface area contributed by atoms with E-state index in [1.807, 2.05) is 19.9 Å². The average Bonchev–Trinajstić information content (AvgIpc) is 3.30. The van der Waals surface area contributed by atoms with Crippen LogP contribution in [0.4, 0.5) is 0 Å². The van der Waals surface area contributed by atoms with E-state index >= 15 is 0 Å². The normalized spacial score (nSPS) is 11.1. The van der Waals surface area contributed by atoms with Gasteiger partial charge in [0.1, 0.15) is 23.3 Å². The van der Waals surface area contributed by atoms with Gasteiger partial charge >= 0.3 is 0 Å². The SMILES string of the molecule is Cc1sc2nc(CCNC(=O)c3ccccc3-n3cncn3)[nH]c(=O)c2c1C. The molecule has 0 saturated carbocycles. The maximum atomic E-state index is 12.6. The lowest BCUT2D eigenvalue weighted by Crippen LogP contribution is -2.27. The van der Waals surface area contributed by atoms with Crippen LogP contribution in [0.5, 0.6) is 0 Å². The molecule has 0 aliphatic carbocycles. The van der Waals surface area contributed by atoms with Gasteiger partial charge in [0.15, 0.2) is 0 Å². The molecule has 1 amide bonds. The smallest absolute Gasteiger partial charge is 0.259 e. The number of aromatic nitrogens is 5. The molecule has 0 unspecified atom stereocenters. The molecule has 1 aromatic carbocycles. The van der Waals surface area contributed by atoms with Gasteiger partial charge in [-0.2, -0.15) is 5.10 Å². The number of nitrogens with one attached hydrogen (secondary N) is 2. The zero-order valence-corrected chi connectivity index (χ0v) is 16.2. The summed E-state index contributed by atoms with van der Waals surface area (Å²) in [5, 5.41) is 7.61. The van der Waals surface area contributed by atoms with Crippen LogP contribution in [0.15, 0.2) is 41.7 Å². The summed E-state index contributed by atoms with van der Waals surface area (Å²) < 4.78 is 1.54. The number of aromatic amines is 1. The van der Waals surface area contributed by atoms with Gasteiger partial charge in [-0.3, -0.25) is 9.59 Å². The van der Waals surface area contributed by atoms with E-state index in [2.05, 4.69) is 25.4 Å². The standard InChI is InChI=1S/C19H18N6O2S/c1-11-12(2)28-19-16(11)18(27)23-15(24-19)7-8-21-17(26)13-5-3-4-6-14(13)25-10-20-9-22-25/h3-6,9-10H,7-8H2,1-2H3,(H,21,26)(H,23,24,27). The van der Waals surface area contributed by atoms with Crippen molar-refractivity contribution >= 4 is 27.5 Å². The summed E-state index contributed by atoms with van der Waals surface area (Å²) in [5.74, 6) is 0.334. The highest BCUT2D eigenvalue weighted by Gasteiger charge is 2.14. The highest BCUT2D eigenvalue weighted by molar-refractivity contribution is 7.18. The molecule has 0 aliphatic heterocycles. The van der Waals surface area contributed by atoms with E-state index in [0.717, 1.165) is 15.3 Å². The van der Waals surface area contributed by atoms with Gasteiger partial charge in [-0.15, -0.1) is 11.3 Å². The van der Waals surface area contributed by atoms with Crippen LogP contribution in [-0.2, 0) is 6.42 Å². The monoisotopic (exact) mass is 394 g/mol. The summed E-state index contributed by atoms with van der Waals surface area (Å²) in [5.41, 5.74) is 1.98. The van der Waals surface area contributed by atoms with Crippen LogP contribution in [0.25, 0.3) is 15.9 Å². The predicted octanol–water partition coefficient (Wildman–Crippen LogP) is 2.15. The number of rotatable bonds is 5. The van der Waals surface area contributed by atoms with Gasteiger partial charge in [-0.1, -0.05) is 12.1 Å². The number of carbonyl (C=O) groups excluding carboxylic acids is 1. The molecule has 4 rings (SSSR count). The van der Waals surface area contributed by atoms with Crippen LogP contribution in [0, 0.1) is 13.8 Å². The van der Waals surface area contributed by atoms with E-state index in [4.69, 9.17) is 0 Å². The van der Waals surface area contributed by atoms with E-state index in [9.17, 15) is 9.59 Å². The molecule has 3 heterocycles. The quantitative estimate of drug-likeness (QED) is 0.540. The molecule has 0 atom stereocenters. The summed E-state index contributed by atoms with van der Waals surface area (Å²) in [4.78, 5) is 38.0. The first-order chi connectivity index (χ1) is 13.5. The van der Waals surface area contributed by atoms with E-state index in [0.29, 0.717) is 35.4 Å². The molecule has 8 nitrogen and oxygen atoms in total. The zero-order chi connectivity index (χ0) is 19.7. The van der Waals surface area contributed by atoms with Crippen LogP contribution in [-0.4, -0.2) is 37.2 Å². The summed E-state index contributed by atoms with van der Waals surface area (Å²) in [6.07, 6.45) is 3.39. The number of fused-ring (bicyclic) bond motifs is 1. The van der Waals surface area contributed by atoms with Crippen LogP contribution in [0.3, 0.4) is 0 Å². The number of benzene rings is 1. The zero-order valence-electron chi connectivity index (χ0n) is 15.4. The van der Waals surface area contributed by atoms with E-state index in [1.54, 1.807) is 29.2 Å². The Bertz CT molecular complexity index is 1210. The topological polar surface area (TPSA) is 106 Å². The van der Waals surface area contributed by atoms with Crippen molar-refractivity contribution in [2.75, 3.05) is 6.54 Å². The van der Waals surface area contributed by atoms with Crippen molar-refractivity contribution in [3.05, 3.63) is 69.1 Å². The molecule has 142 valence electrons. The highest BCUT2D eigenvalue weighted by Crippen LogP contribution is 2.25.